The van der Waals surface area contributed by atoms with Crippen LogP contribution in [-0.2, 0) is 6.42 Å². The average molecular weight is 332 g/mol. The molecule has 0 aliphatic heterocycles. The summed E-state index contributed by atoms with van der Waals surface area (Å²) in [6, 6.07) is 8.03. The molecule has 2 aromatic rings. The number of phenols is 1. The van der Waals surface area contributed by atoms with Crippen molar-refractivity contribution in [2.75, 3.05) is 28.4 Å². The Labute approximate surface area is 140 Å². The lowest BCUT2D eigenvalue weighted by molar-refractivity contribution is 0.0992. The predicted octanol–water partition coefficient (Wildman–Crippen LogP) is 2.85. The van der Waals surface area contributed by atoms with E-state index in [-0.39, 0.29) is 18.0 Å². The Balaban J connectivity index is 2.33. The Morgan fingerprint density at radius 3 is 1.96 bits per heavy atom. The van der Waals surface area contributed by atoms with Gasteiger partial charge in [0.05, 0.1) is 28.4 Å². The molecule has 2 aromatic carbocycles. The van der Waals surface area contributed by atoms with Crippen LogP contribution in [0.25, 0.3) is 0 Å². The van der Waals surface area contributed by atoms with Gasteiger partial charge in [-0.3, -0.25) is 4.79 Å². The molecule has 24 heavy (non-hydrogen) atoms. The van der Waals surface area contributed by atoms with Gasteiger partial charge in [0, 0.05) is 12.0 Å². The van der Waals surface area contributed by atoms with Crippen molar-refractivity contribution in [2.45, 2.75) is 6.42 Å². The molecule has 0 saturated carbocycles. The number of rotatable bonds is 7. The minimum Gasteiger partial charge on any atom is -0.504 e. The van der Waals surface area contributed by atoms with Crippen LogP contribution in [0, 0.1) is 0 Å². The molecule has 0 saturated heterocycles. The van der Waals surface area contributed by atoms with Gasteiger partial charge >= 0.3 is 0 Å². The normalized spacial score (nSPS) is 10.2. The molecule has 0 heterocycles. The Morgan fingerprint density at radius 1 is 0.875 bits per heavy atom. The van der Waals surface area contributed by atoms with Crippen LogP contribution in [0.1, 0.15) is 15.9 Å². The van der Waals surface area contributed by atoms with Gasteiger partial charge in [-0.05, 0) is 29.8 Å². The van der Waals surface area contributed by atoms with Gasteiger partial charge in [0.15, 0.2) is 28.8 Å². The predicted molar refractivity (Wildman–Crippen MR) is 88.8 cm³/mol. The summed E-state index contributed by atoms with van der Waals surface area (Å²) in [6.07, 6.45) is 0.148. The van der Waals surface area contributed by atoms with Crippen molar-refractivity contribution in [3.63, 3.8) is 0 Å². The molecule has 0 radical (unpaired) electrons. The lowest BCUT2D eigenvalue weighted by Gasteiger charge is -2.14. The van der Waals surface area contributed by atoms with Gasteiger partial charge in [-0.1, -0.05) is 6.07 Å². The number of phenolic OH excluding ortho intramolecular Hbond substituents is 1. The molecule has 1 N–H and O–H groups in total. The number of aromatic hydroxyl groups is 1. The average Bonchev–Trinajstić information content (AvgIpc) is 2.61. The maximum Gasteiger partial charge on any atom is 0.203 e. The summed E-state index contributed by atoms with van der Waals surface area (Å²) in [5.41, 5.74) is 1.17. The highest BCUT2D eigenvalue weighted by atomic mass is 16.5. The van der Waals surface area contributed by atoms with E-state index in [1.54, 1.807) is 24.3 Å². The Hall–Kier alpha value is -2.89. The van der Waals surface area contributed by atoms with Gasteiger partial charge in [0.25, 0.3) is 0 Å². The van der Waals surface area contributed by atoms with Crippen LogP contribution >= 0.6 is 0 Å². The molecule has 0 atom stereocenters. The van der Waals surface area contributed by atoms with Crippen LogP contribution in [0.3, 0.4) is 0 Å². The number of ketones is 1. The second kappa shape index (κ2) is 7.59. The molecule has 0 unspecified atom stereocenters. The van der Waals surface area contributed by atoms with Crippen molar-refractivity contribution in [1.82, 2.24) is 0 Å². The molecule has 0 fully saturated rings. The highest BCUT2D eigenvalue weighted by Gasteiger charge is 2.17. The molecule has 2 rings (SSSR count). The van der Waals surface area contributed by atoms with Crippen LogP contribution in [0.2, 0.25) is 0 Å². The zero-order valence-electron chi connectivity index (χ0n) is 14.1. The summed E-state index contributed by atoms with van der Waals surface area (Å²) in [6.45, 7) is 0. The molecule has 6 nitrogen and oxygen atoms in total. The summed E-state index contributed by atoms with van der Waals surface area (Å²) >= 11 is 0. The summed E-state index contributed by atoms with van der Waals surface area (Å²) in [7, 11) is 5.96. The second-order valence-corrected chi connectivity index (χ2v) is 5.02. The van der Waals surface area contributed by atoms with Crippen LogP contribution in [0.15, 0.2) is 30.3 Å². The van der Waals surface area contributed by atoms with Gasteiger partial charge in [-0.2, -0.15) is 0 Å². The van der Waals surface area contributed by atoms with Crippen molar-refractivity contribution in [3.8, 4) is 28.7 Å². The molecular formula is C18H20O6. The molecule has 0 bridgehead atoms. The van der Waals surface area contributed by atoms with Gasteiger partial charge in [0.1, 0.15) is 0 Å². The van der Waals surface area contributed by atoms with Crippen molar-refractivity contribution in [2.24, 2.45) is 0 Å². The van der Waals surface area contributed by atoms with E-state index in [1.165, 1.54) is 34.5 Å². The van der Waals surface area contributed by atoms with E-state index < -0.39 is 0 Å². The first-order valence-electron chi connectivity index (χ1n) is 7.23. The standard InChI is InChI=1S/C18H20O6/c1-21-15-8-11(5-6-13(15)19)7-14(20)12-9-16(22-2)18(24-4)17(10-12)23-3/h5-6,8-10,19H,7H2,1-4H3. The molecular weight excluding hydrogens is 312 g/mol. The highest BCUT2D eigenvalue weighted by molar-refractivity contribution is 5.98. The van der Waals surface area contributed by atoms with Crippen molar-refractivity contribution < 1.29 is 28.8 Å². The second-order valence-electron chi connectivity index (χ2n) is 5.02. The minimum atomic E-state index is -0.123. The first kappa shape index (κ1) is 17.5. The van der Waals surface area contributed by atoms with Gasteiger partial charge < -0.3 is 24.1 Å². The van der Waals surface area contributed by atoms with Gasteiger partial charge in [-0.15, -0.1) is 0 Å². The molecule has 0 aliphatic rings. The van der Waals surface area contributed by atoms with Crippen LogP contribution in [-0.4, -0.2) is 39.3 Å². The van der Waals surface area contributed by atoms with E-state index in [2.05, 4.69) is 0 Å². The van der Waals surface area contributed by atoms with E-state index in [9.17, 15) is 9.90 Å². The van der Waals surface area contributed by atoms with E-state index in [1.807, 2.05) is 0 Å². The van der Waals surface area contributed by atoms with Gasteiger partial charge in [0.2, 0.25) is 5.75 Å². The number of Topliss-reactive ketones (excluding diaryl/α,β-unsaturated/α-hetero) is 1. The third kappa shape index (κ3) is 3.53. The van der Waals surface area contributed by atoms with Crippen LogP contribution in [0.4, 0.5) is 0 Å². The van der Waals surface area contributed by atoms with Crippen molar-refractivity contribution in [3.05, 3.63) is 41.5 Å². The molecule has 6 heteroatoms. The number of carbonyl (C=O) groups is 1. The Kier molecular flexibility index (Phi) is 5.52. The van der Waals surface area contributed by atoms with Gasteiger partial charge in [-0.25, -0.2) is 0 Å². The molecule has 128 valence electrons. The first-order valence-corrected chi connectivity index (χ1v) is 7.23. The largest absolute Gasteiger partial charge is 0.504 e. The third-order valence-electron chi connectivity index (χ3n) is 3.60. The Bertz CT molecular complexity index is 713. The third-order valence-corrected chi connectivity index (χ3v) is 3.60. The summed E-state index contributed by atoms with van der Waals surface area (Å²) in [4.78, 5) is 12.6. The summed E-state index contributed by atoms with van der Waals surface area (Å²) in [5, 5.41) is 9.62. The minimum absolute atomic E-state index is 0.0292. The smallest absolute Gasteiger partial charge is 0.203 e. The maximum absolute atomic E-state index is 12.6. The Morgan fingerprint density at radius 2 is 1.46 bits per heavy atom. The monoisotopic (exact) mass is 332 g/mol. The van der Waals surface area contributed by atoms with Crippen molar-refractivity contribution >= 4 is 5.78 Å². The highest BCUT2D eigenvalue weighted by Crippen LogP contribution is 2.38. The van der Waals surface area contributed by atoms with Crippen LogP contribution < -0.4 is 18.9 Å². The fourth-order valence-corrected chi connectivity index (χ4v) is 2.36. The summed E-state index contributed by atoms with van der Waals surface area (Å²) < 4.78 is 20.8. The fraction of sp³-hybridized carbons (Fsp3) is 0.278. The van der Waals surface area contributed by atoms with E-state index in [4.69, 9.17) is 18.9 Å². The number of hydrogen-bond donors (Lipinski definition) is 1. The lowest BCUT2D eigenvalue weighted by atomic mass is 10.0. The lowest BCUT2D eigenvalue weighted by Crippen LogP contribution is -2.06. The van der Waals surface area contributed by atoms with Crippen LogP contribution in [0.5, 0.6) is 28.7 Å². The summed E-state index contributed by atoms with van der Waals surface area (Å²) in [5.74, 6) is 1.50. The zero-order valence-corrected chi connectivity index (χ0v) is 14.1. The van der Waals surface area contributed by atoms with E-state index in [0.717, 1.165) is 5.56 Å². The van der Waals surface area contributed by atoms with Crippen molar-refractivity contribution in [1.29, 1.82) is 0 Å². The quantitative estimate of drug-likeness (QED) is 0.786. The number of hydrogen-bond acceptors (Lipinski definition) is 6. The first-order chi connectivity index (χ1) is 11.5. The number of methoxy groups -OCH3 is 4. The molecule has 0 amide bonds. The molecule has 0 spiro atoms. The topological polar surface area (TPSA) is 74.2 Å². The maximum atomic E-state index is 12.6. The van der Waals surface area contributed by atoms with E-state index in [0.29, 0.717) is 28.6 Å². The SMILES string of the molecule is COc1cc(CC(=O)c2cc(OC)c(OC)c(OC)c2)ccc1O. The number of benzene rings is 2. The number of carbonyl (C=O) groups excluding carboxylic acids is 1. The zero-order chi connectivity index (χ0) is 17.7. The fourth-order valence-electron chi connectivity index (χ4n) is 2.36. The molecule has 0 aromatic heterocycles. The number of ether oxygens (including phenoxy) is 4. The van der Waals surface area contributed by atoms with E-state index >= 15 is 0 Å². The molecule has 0 aliphatic carbocycles.